The smallest absolute Gasteiger partial charge is 0.322 e. The third kappa shape index (κ3) is 5.77. The molecule has 0 fully saturated rings. The van der Waals surface area contributed by atoms with Gasteiger partial charge in [-0.1, -0.05) is 25.4 Å². The molecule has 0 saturated carbocycles. The summed E-state index contributed by atoms with van der Waals surface area (Å²) in [5.41, 5.74) is 0.857. The van der Waals surface area contributed by atoms with Crippen molar-refractivity contribution in [2.45, 2.75) is 33.2 Å². The fourth-order valence-electron chi connectivity index (χ4n) is 2.24. The van der Waals surface area contributed by atoms with Gasteiger partial charge >= 0.3 is 6.03 Å². The van der Waals surface area contributed by atoms with Crippen molar-refractivity contribution in [1.29, 1.82) is 0 Å². The lowest BCUT2D eigenvalue weighted by molar-refractivity contribution is 0.0948. The van der Waals surface area contributed by atoms with E-state index in [4.69, 9.17) is 16.0 Å². The number of nitrogens with one attached hydrogen (secondary N) is 2. The second-order valence-electron chi connectivity index (χ2n) is 5.74. The van der Waals surface area contributed by atoms with Crippen molar-refractivity contribution >= 4 is 29.2 Å². The molecule has 0 saturated heterocycles. The molecule has 2 N–H and O–H groups in total. The van der Waals surface area contributed by atoms with Gasteiger partial charge < -0.3 is 20.0 Å². The van der Waals surface area contributed by atoms with Gasteiger partial charge in [0.15, 0.2) is 5.69 Å². The van der Waals surface area contributed by atoms with Gasteiger partial charge in [0.25, 0.3) is 5.91 Å². The average molecular weight is 379 g/mol. The molecule has 0 aliphatic carbocycles. The number of hydrogen-bond donors (Lipinski definition) is 2. The van der Waals surface area contributed by atoms with Crippen LogP contribution in [-0.2, 0) is 6.54 Å². The van der Waals surface area contributed by atoms with E-state index in [1.807, 2.05) is 13.8 Å². The Balaban J connectivity index is 2.00. The highest BCUT2D eigenvalue weighted by Crippen LogP contribution is 2.15. The number of anilines is 1. The molecule has 0 bridgehead atoms. The van der Waals surface area contributed by atoms with E-state index in [1.54, 1.807) is 29.2 Å². The molecular formula is C18H23ClN4O3. The zero-order valence-corrected chi connectivity index (χ0v) is 15.7. The summed E-state index contributed by atoms with van der Waals surface area (Å²) in [6, 6.07) is 6.59. The number of oxazole rings is 1. The minimum absolute atomic E-state index is 0.175. The highest BCUT2D eigenvalue weighted by atomic mass is 35.5. The minimum Gasteiger partial charge on any atom is -0.446 e. The van der Waals surface area contributed by atoms with Crippen molar-refractivity contribution in [2.75, 3.05) is 18.4 Å². The highest BCUT2D eigenvalue weighted by Gasteiger charge is 2.18. The van der Waals surface area contributed by atoms with E-state index in [9.17, 15) is 9.59 Å². The Morgan fingerprint density at radius 3 is 2.58 bits per heavy atom. The van der Waals surface area contributed by atoms with Crippen molar-refractivity contribution in [2.24, 2.45) is 0 Å². The third-order valence-electron chi connectivity index (χ3n) is 3.52. The molecule has 8 heteroatoms. The largest absolute Gasteiger partial charge is 0.446 e. The molecule has 0 spiro atoms. The number of halogens is 1. The minimum atomic E-state index is -0.283. The fraction of sp³-hybridized carbons (Fsp3) is 0.389. The molecule has 2 aromatic rings. The van der Waals surface area contributed by atoms with Crippen LogP contribution in [-0.4, -0.2) is 34.9 Å². The lowest BCUT2D eigenvalue weighted by atomic mass is 10.3. The first-order valence-electron chi connectivity index (χ1n) is 8.57. The summed E-state index contributed by atoms with van der Waals surface area (Å²) < 4.78 is 5.35. The van der Waals surface area contributed by atoms with Gasteiger partial charge in [0.2, 0.25) is 5.89 Å². The van der Waals surface area contributed by atoms with E-state index in [0.29, 0.717) is 29.7 Å². The van der Waals surface area contributed by atoms with Gasteiger partial charge in [0.1, 0.15) is 6.26 Å². The third-order valence-corrected chi connectivity index (χ3v) is 3.77. The Hall–Kier alpha value is -2.54. The number of carbonyl (C=O) groups excluding carboxylic acids is 2. The van der Waals surface area contributed by atoms with Gasteiger partial charge in [-0.25, -0.2) is 9.78 Å². The Morgan fingerprint density at radius 1 is 1.19 bits per heavy atom. The van der Waals surface area contributed by atoms with E-state index in [-0.39, 0.29) is 24.2 Å². The van der Waals surface area contributed by atoms with E-state index in [0.717, 1.165) is 12.8 Å². The summed E-state index contributed by atoms with van der Waals surface area (Å²) in [5.74, 6) is 0.0286. The maximum atomic E-state index is 12.5. The van der Waals surface area contributed by atoms with Crippen molar-refractivity contribution < 1.29 is 14.0 Å². The number of rotatable bonds is 8. The predicted octanol–water partition coefficient (Wildman–Crippen LogP) is 3.91. The molecule has 26 heavy (non-hydrogen) atoms. The van der Waals surface area contributed by atoms with Gasteiger partial charge in [0.05, 0.1) is 6.54 Å². The number of amides is 3. The topological polar surface area (TPSA) is 87.5 Å². The van der Waals surface area contributed by atoms with Crippen LogP contribution in [0.2, 0.25) is 5.02 Å². The molecule has 0 aliphatic rings. The number of carbonyl (C=O) groups is 2. The molecular weight excluding hydrogens is 356 g/mol. The molecule has 1 aromatic heterocycles. The molecule has 0 aliphatic heterocycles. The normalized spacial score (nSPS) is 10.4. The predicted molar refractivity (Wildman–Crippen MR) is 100 cm³/mol. The number of urea groups is 1. The van der Waals surface area contributed by atoms with Crippen LogP contribution in [0, 0.1) is 0 Å². The molecule has 0 radical (unpaired) electrons. The molecule has 0 atom stereocenters. The molecule has 0 unspecified atom stereocenters. The van der Waals surface area contributed by atoms with Gasteiger partial charge in [0, 0.05) is 23.8 Å². The van der Waals surface area contributed by atoms with Crippen molar-refractivity contribution in [3.63, 3.8) is 0 Å². The Labute approximate surface area is 157 Å². The second kappa shape index (κ2) is 9.82. The quantitative estimate of drug-likeness (QED) is 0.728. The molecule has 3 amide bonds. The van der Waals surface area contributed by atoms with Gasteiger partial charge in [-0.2, -0.15) is 0 Å². The second-order valence-corrected chi connectivity index (χ2v) is 6.18. The SMILES string of the molecule is CCCNC(=O)c1coc(CN(CCC)C(=O)Nc2ccc(Cl)cc2)n1. The van der Waals surface area contributed by atoms with Crippen LogP contribution in [0.4, 0.5) is 10.5 Å². The van der Waals surface area contributed by atoms with Crippen molar-refractivity contribution in [1.82, 2.24) is 15.2 Å². The first kappa shape index (κ1) is 19.8. The van der Waals surface area contributed by atoms with Crippen LogP contribution < -0.4 is 10.6 Å². The lowest BCUT2D eigenvalue weighted by Crippen LogP contribution is -2.35. The molecule has 1 aromatic carbocycles. The maximum Gasteiger partial charge on any atom is 0.322 e. The van der Waals surface area contributed by atoms with E-state index < -0.39 is 0 Å². The summed E-state index contributed by atoms with van der Waals surface area (Å²) >= 11 is 5.85. The highest BCUT2D eigenvalue weighted by molar-refractivity contribution is 6.30. The zero-order chi connectivity index (χ0) is 18.9. The molecule has 2 rings (SSSR count). The monoisotopic (exact) mass is 378 g/mol. The van der Waals surface area contributed by atoms with Crippen LogP contribution in [0.15, 0.2) is 34.9 Å². The van der Waals surface area contributed by atoms with E-state index >= 15 is 0 Å². The Bertz CT molecular complexity index is 730. The zero-order valence-electron chi connectivity index (χ0n) is 14.9. The van der Waals surface area contributed by atoms with Crippen molar-refractivity contribution in [3.8, 4) is 0 Å². The molecule has 7 nitrogen and oxygen atoms in total. The molecule has 1 heterocycles. The summed E-state index contributed by atoms with van der Waals surface area (Å²) in [6.07, 6.45) is 2.92. The number of aromatic nitrogens is 1. The fourth-order valence-corrected chi connectivity index (χ4v) is 2.36. The summed E-state index contributed by atoms with van der Waals surface area (Å²) in [5, 5.41) is 6.15. The van der Waals surface area contributed by atoms with Crippen LogP contribution in [0.1, 0.15) is 43.1 Å². The van der Waals surface area contributed by atoms with Crippen LogP contribution in [0.5, 0.6) is 0 Å². The van der Waals surface area contributed by atoms with E-state index in [2.05, 4.69) is 15.6 Å². The van der Waals surface area contributed by atoms with Gasteiger partial charge in [-0.15, -0.1) is 0 Å². The molecule has 140 valence electrons. The van der Waals surface area contributed by atoms with Crippen LogP contribution in [0.3, 0.4) is 0 Å². The average Bonchev–Trinajstić information content (AvgIpc) is 3.10. The standard InChI is InChI=1S/C18H23ClN4O3/c1-3-9-20-17(24)15-12-26-16(22-15)11-23(10-4-2)18(25)21-14-7-5-13(19)6-8-14/h5-8,12H,3-4,9-11H2,1-2H3,(H,20,24)(H,21,25). The summed E-state index contributed by atoms with van der Waals surface area (Å²) in [7, 11) is 0. The Morgan fingerprint density at radius 2 is 1.92 bits per heavy atom. The maximum absolute atomic E-state index is 12.5. The van der Waals surface area contributed by atoms with Gasteiger partial charge in [-0.3, -0.25) is 4.79 Å². The summed E-state index contributed by atoms with van der Waals surface area (Å²) in [4.78, 5) is 30.1. The van der Waals surface area contributed by atoms with E-state index in [1.165, 1.54) is 6.26 Å². The lowest BCUT2D eigenvalue weighted by Gasteiger charge is -2.21. The first-order valence-corrected chi connectivity index (χ1v) is 8.95. The first-order chi connectivity index (χ1) is 12.5. The number of benzene rings is 1. The van der Waals surface area contributed by atoms with Gasteiger partial charge in [-0.05, 0) is 37.1 Å². The number of hydrogen-bond acceptors (Lipinski definition) is 4. The summed E-state index contributed by atoms with van der Waals surface area (Å²) in [6.45, 7) is 5.22. The van der Waals surface area contributed by atoms with Crippen molar-refractivity contribution in [3.05, 3.63) is 47.1 Å². The van der Waals surface area contributed by atoms with Crippen LogP contribution >= 0.6 is 11.6 Å². The Kier molecular flexibility index (Phi) is 7.47. The number of nitrogens with zero attached hydrogens (tertiary/aromatic N) is 2. The van der Waals surface area contributed by atoms with Crippen LogP contribution in [0.25, 0.3) is 0 Å².